The summed E-state index contributed by atoms with van der Waals surface area (Å²) in [5, 5.41) is 11.2. The topological polar surface area (TPSA) is 17.6 Å². The molecule has 0 radical (unpaired) electrons. The van der Waals surface area contributed by atoms with Crippen LogP contribution in [0.25, 0.3) is 70.7 Å². The Bertz CT molecular complexity index is 2040. The molecule has 148 valence electrons. The highest BCUT2D eigenvalue weighted by Crippen LogP contribution is 2.40. The van der Waals surface area contributed by atoms with Gasteiger partial charge in [-0.1, -0.05) is 66.7 Å². The number of benzene rings is 5. The molecule has 8 aromatic rings. The molecule has 0 bridgehead atoms. The van der Waals surface area contributed by atoms with Crippen molar-refractivity contribution in [1.29, 1.82) is 0 Å². The number of furan rings is 1. The van der Waals surface area contributed by atoms with Gasteiger partial charge in [-0.25, -0.2) is 0 Å². The third kappa shape index (κ3) is 1.99. The second-order valence-electron chi connectivity index (χ2n) is 8.64. The third-order valence-corrected chi connectivity index (χ3v) is 6.91. The highest BCUT2D eigenvalue weighted by Gasteiger charge is 2.16. The van der Waals surface area contributed by atoms with Crippen LogP contribution in [0.3, 0.4) is 0 Å². The molecule has 2 nitrogen and oxygen atoms in total. The SMILES string of the molecule is c1ccc2cc3c(cc2c1)c1cc2c(cc1n1cc4ccccc4c31)oc1ccccc12. The number of hydrogen-bond donors (Lipinski definition) is 0. The average molecular weight is 407 g/mol. The Morgan fingerprint density at radius 1 is 0.469 bits per heavy atom. The standard InChI is InChI=1S/C30H17NO/c1-2-8-19-14-26-23(13-18(19)7-1)24-15-25-22-11-5-6-12-28(22)32-29(25)16-27(24)31-17-20-9-3-4-10-21(20)30(26)31/h1-17H. The van der Waals surface area contributed by atoms with E-state index in [0.717, 1.165) is 16.6 Å². The molecule has 0 saturated heterocycles. The van der Waals surface area contributed by atoms with Crippen LogP contribution in [0, 0.1) is 0 Å². The molecule has 0 unspecified atom stereocenters. The lowest BCUT2D eigenvalue weighted by Gasteiger charge is -2.11. The minimum Gasteiger partial charge on any atom is -0.456 e. The van der Waals surface area contributed by atoms with Gasteiger partial charge in [0, 0.05) is 44.6 Å². The third-order valence-electron chi connectivity index (χ3n) is 6.91. The van der Waals surface area contributed by atoms with Crippen molar-refractivity contribution >= 4 is 70.7 Å². The largest absolute Gasteiger partial charge is 0.456 e. The van der Waals surface area contributed by atoms with E-state index in [9.17, 15) is 0 Å². The van der Waals surface area contributed by atoms with Crippen molar-refractivity contribution < 1.29 is 4.42 Å². The molecule has 0 amide bonds. The molecule has 0 N–H and O–H groups in total. The van der Waals surface area contributed by atoms with E-state index in [0.29, 0.717) is 0 Å². The predicted molar refractivity (Wildman–Crippen MR) is 135 cm³/mol. The Hall–Kier alpha value is -4.30. The lowest BCUT2D eigenvalue weighted by Crippen LogP contribution is -1.90. The van der Waals surface area contributed by atoms with Crippen molar-refractivity contribution in [3.8, 4) is 0 Å². The number of aromatic nitrogens is 1. The lowest BCUT2D eigenvalue weighted by molar-refractivity contribution is 0.669. The highest BCUT2D eigenvalue weighted by atomic mass is 16.3. The minimum absolute atomic E-state index is 0.929. The van der Waals surface area contributed by atoms with Crippen LogP contribution >= 0.6 is 0 Å². The van der Waals surface area contributed by atoms with E-state index in [-0.39, 0.29) is 0 Å². The average Bonchev–Trinajstić information content (AvgIpc) is 3.40. The van der Waals surface area contributed by atoms with Crippen molar-refractivity contribution in [2.24, 2.45) is 0 Å². The first-order valence-electron chi connectivity index (χ1n) is 10.9. The van der Waals surface area contributed by atoms with Crippen LogP contribution in [0.5, 0.6) is 0 Å². The summed E-state index contributed by atoms with van der Waals surface area (Å²) >= 11 is 0. The van der Waals surface area contributed by atoms with Crippen LogP contribution in [0.4, 0.5) is 0 Å². The van der Waals surface area contributed by atoms with Crippen LogP contribution in [0.2, 0.25) is 0 Å². The van der Waals surface area contributed by atoms with Gasteiger partial charge in [-0.15, -0.1) is 0 Å². The predicted octanol–water partition coefficient (Wildman–Crippen LogP) is 8.45. The quantitative estimate of drug-likeness (QED) is 0.182. The number of hydrogen-bond acceptors (Lipinski definition) is 1. The maximum Gasteiger partial charge on any atom is 0.137 e. The van der Waals surface area contributed by atoms with Gasteiger partial charge in [0.05, 0.1) is 11.0 Å². The lowest BCUT2D eigenvalue weighted by atomic mass is 9.98. The molecule has 0 aliphatic carbocycles. The van der Waals surface area contributed by atoms with Gasteiger partial charge < -0.3 is 8.82 Å². The van der Waals surface area contributed by atoms with Gasteiger partial charge in [-0.2, -0.15) is 0 Å². The molecular weight excluding hydrogens is 390 g/mol. The molecular formula is C30H17NO. The van der Waals surface area contributed by atoms with Crippen molar-refractivity contribution in [3.63, 3.8) is 0 Å². The Balaban J connectivity index is 1.72. The highest BCUT2D eigenvalue weighted by molar-refractivity contribution is 6.24. The Morgan fingerprint density at radius 2 is 1.16 bits per heavy atom. The van der Waals surface area contributed by atoms with E-state index in [4.69, 9.17) is 4.42 Å². The second kappa shape index (κ2) is 5.68. The minimum atomic E-state index is 0.929. The monoisotopic (exact) mass is 407 g/mol. The summed E-state index contributed by atoms with van der Waals surface area (Å²) in [5.74, 6) is 0. The number of para-hydroxylation sites is 1. The van der Waals surface area contributed by atoms with Gasteiger partial charge in [-0.05, 0) is 40.4 Å². The Labute approximate surface area is 182 Å². The molecule has 0 saturated carbocycles. The van der Waals surface area contributed by atoms with Gasteiger partial charge in [0.25, 0.3) is 0 Å². The summed E-state index contributed by atoms with van der Waals surface area (Å²) in [4.78, 5) is 0. The van der Waals surface area contributed by atoms with Crippen LogP contribution in [-0.4, -0.2) is 4.40 Å². The van der Waals surface area contributed by atoms with Crippen molar-refractivity contribution in [3.05, 3.63) is 103 Å². The molecule has 3 heterocycles. The van der Waals surface area contributed by atoms with Crippen molar-refractivity contribution in [1.82, 2.24) is 4.40 Å². The number of pyridine rings is 1. The van der Waals surface area contributed by atoms with Gasteiger partial charge in [0.15, 0.2) is 0 Å². The van der Waals surface area contributed by atoms with Gasteiger partial charge in [0.1, 0.15) is 11.2 Å². The summed E-state index contributed by atoms with van der Waals surface area (Å²) in [6.45, 7) is 0. The first-order valence-corrected chi connectivity index (χ1v) is 10.9. The van der Waals surface area contributed by atoms with E-state index >= 15 is 0 Å². The van der Waals surface area contributed by atoms with Gasteiger partial charge in [0.2, 0.25) is 0 Å². The number of nitrogens with zero attached hydrogens (tertiary/aromatic N) is 1. The first-order chi connectivity index (χ1) is 15.8. The molecule has 0 aliphatic rings. The van der Waals surface area contributed by atoms with Crippen LogP contribution in [0.15, 0.2) is 108 Å². The molecule has 0 fully saturated rings. The second-order valence-corrected chi connectivity index (χ2v) is 8.64. The van der Waals surface area contributed by atoms with Crippen molar-refractivity contribution in [2.45, 2.75) is 0 Å². The summed E-state index contributed by atoms with van der Waals surface area (Å²) in [5.41, 5.74) is 4.29. The zero-order chi connectivity index (χ0) is 20.8. The molecule has 32 heavy (non-hydrogen) atoms. The zero-order valence-electron chi connectivity index (χ0n) is 17.2. The van der Waals surface area contributed by atoms with E-state index in [2.05, 4.69) is 95.5 Å². The van der Waals surface area contributed by atoms with E-state index in [1.54, 1.807) is 0 Å². The van der Waals surface area contributed by atoms with Gasteiger partial charge >= 0.3 is 0 Å². The molecule has 0 aliphatic heterocycles. The fourth-order valence-corrected chi connectivity index (χ4v) is 5.46. The van der Waals surface area contributed by atoms with Crippen LogP contribution in [0.1, 0.15) is 0 Å². The number of rotatable bonds is 0. The molecule has 5 aromatic carbocycles. The molecule has 0 atom stereocenters. The zero-order valence-corrected chi connectivity index (χ0v) is 17.2. The maximum absolute atomic E-state index is 6.25. The first kappa shape index (κ1) is 16.4. The van der Waals surface area contributed by atoms with Crippen molar-refractivity contribution in [2.75, 3.05) is 0 Å². The molecule has 0 spiro atoms. The smallest absolute Gasteiger partial charge is 0.137 e. The summed E-state index contributed by atoms with van der Waals surface area (Å²) < 4.78 is 8.60. The van der Waals surface area contributed by atoms with E-state index in [1.807, 2.05) is 12.1 Å². The summed E-state index contributed by atoms with van der Waals surface area (Å²) in [7, 11) is 0. The maximum atomic E-state index is 6.25. The molecule has 3 aromatic heterocycles. The summed E-state index contributed by atoms with van der Waals surface area (Å²) in [6.07, 6.45) is 2.26. The Kier molecular flexibility index (Phi) is 2.91. The molecule has 2 heteroatoms. The normalized spacial score (nSPS) is 12.4. The Morgan fingerprint density at radius 3 is 2.00 bits per heavy atom. The fraction of sp³-hybridized carbons (Fsp3) is 0. The number of fused-ring (bicyclic) bond motifs is 12. The van der Waals surface area contributed by atoms with Crippen LogP contribution < -0.4 is 0 Å². The summed E-state index contributed by atoms with van der Waals surface area (Å²) in [6, 6.07) is 34.8. The molecule has 8 rings (SSSR count). The van der Waals surface area contributed by atoms with Gasteiger partial charge in [-0.3, -0.25) is 0 Å². The van der Waals surface area contributed by atoms with E-state index in [1.165, 1.54) is 54.1 Å². The fourth-order valence-electron chi connectivity index (χ4n) is 5.46. The van der Waals surface area contributed by atoms with E-state index < -0.39 is 0 Å². The van der Waals surface area contributed by atoms with Crippen LogP contribution in [-0.2, 0) is 0 Å².